The predicted octanol–water partition coefficient (Wildman–Crippen LogP) is 2.46. The standard InChI is InChI=1S/C29H44O8/c1-27-8-5-18(35-15-23-26(33)22(30)13-25(32)37-23)12-17(27)3-4-21-20(27)6-9-28(2)19(7-10-29(21,28)34)16-11-24(31)36-14-16/h11,17-23,25-26,30,32-34H,3-10,12-15H2,1-2H3/t17-,18-,19+,20-,21+,22+,23-,25-,26+,27-,28+,29+/m0/s1. The lowest BCUT2D eigenvalue weighted by Crippen LogP contribution is -2.62. The fraction of sp³-hybridized carbons (Fsp3) is 0.897. The first-order valence-electron chi connectivity index (χ1n) is 14.5. The third-order valence-corrected chi connectivity index (χ3v) is 12.0. The topological polar surface area (TPSA) is 126 Å². The summed E-state index contributed by atoms with van der Waals surface area (Å²) in [4.78, 5) is 11.8. The SMILES string of the molecule is C[C@]12CC[C@H](OC[C@@H]3O[C@H](O)C[C@@H](O)[C@H]3O)C[C@@H]1CC[C@@H]1[C@@H]2CC[C@]2(C)[C@@H](C3=CC(=O)OC3)CC[C@@]12O. The second-order valence-corrected chi connectivity index (χ2v) is 13.4. The fourth-order valence-electron chi connectivity index (χ4n) is 9.82. The molecule has 6 rings (SSSR count). The number of hydrogen-bond donors (Lipinski definition) is 4. The van der Waals surface area contributed by atoms with Crippen LogP contribution in [-0.4, -0.2) is 75.9 Å². The van der Waals surface area contributed by atoms with Crippen LogP contribution in [0, 0.1) is 34.5 Å². The molecule has 5 fully saturated rings. The third kappa shape index (κ3) is 4.04. The smallest absolute Gasteiger partial charge is 0.331 e. The van der Waals surface area contributed by atoms with Crippen molar-refractivity contribution in [3.8, 4) is 0 Å². The summed E-state index contributed by atoms with van der Waals surface area (Å²) in [7, 11) is 0. The number of hydrogen-bond acceptors (Lipinski definition) is 8. The van der Waals surface area contributed by atoms with E-state index < -0.39 is 30.2 Å². The second-order valence-electron chi connectivity index (χ2n) is 13.4. The van der Waals surface area contributed by atoms with Crippen LogP contribution in [0.2, 0.25) is 0 Å². The summed E-state index contributed by atoms with van der Waals surface area (Å²) in [6, 6.07) is 0. The zero-order valence-corrected chi connectivity index (χ0v) is 22.2. The Kier molecular flexibility index (Phi) is 6.57. The highest BCUT2D eigenvalue weighted by atomic mass is 16.6. The van der Waals surface area contributed by atoms with Gasteiger partial charge in [0.2, 0.25) is 0 Å². The van der Waals surface area contributed by atoms with Crippen molar-refractivity contribution in [1.82, 2.24) is 0 Å². The van der Waals surface area contributed by atoms with Gasteiger partial charge >= 0.3 is 5.97 Å². The first-order valence-corrected chi connectivity index (χ1v) is 14.5. The van der Waals surface area contributed by atoms with Gasteiger partial charge in [0, 0.05) is 17.9 Å². The zero-order valence-electron chi connectivity index (χ0n) is 22.2. The van der Waals surface area contributed by atoms with E-state index in [9.17, 15) is 25.2 Å². The highest BCUT2D eigenvalue weighted by Crippen LogP contribution is 2.70. The molecule has 1 saturated heterocycles. The number of aliphatic hydroxyl groups is 4. The molecule has 0 aromatic heterocycles. The molecule has 0 bridgehead atoms. The second kappa shape index (κ2) is 9.27. The van der Waals surface area contributed by atoms with Crippen LogP contribution < -0.4 is 0 Å². The number of carbonyl (C=O) groups excluding carboxylic acids is 1. The Morgan fingerprint density at radius 3 is 2.57 bits per heavy atom. The van der Waals surface area contributed by atoms with Gasteiger partial charge in [-0.05, 0) is 92.4 Å². The average Bonchev–Trinajstić information content (AvgIpc) is 3.40. The van der Waals surface area contributed by atoms with Gasteiger partial charge in [0.1, 0.15) is 18.8 Å². The Balaban J connectivity index is 1.13. The molecule has 8 heteroatoms. The van der Waals surface area contributed by atoms with E-state index in [0.29, 0.717) is 18.4 Å². The van der Waals surface area contributed by atoms with E-state index >= 15 is 0 Å². The van der Waals surface area contributed by atoms with Gasteiger partial charge in [0.25, 0.3) is 0 Å². The van der Waals surface area contributed by atoms with Crippen molar-refractivity contribution in [2.24, 2.45) is 34.5 Å². The van der Waals surface area contributed by atoms with Crippen molar-refractivity contribution in [2.75, 3.05) is 13.2 Å². The minimum absolute atomic E-state index is 0.0136. The van der Waals surface area contributed by atoms with Crippen molar-refractivity contribution in [2.45, 2.75) is 114 Å². The summed E-state index contributed by atoms with van der Waals surface area (Å²) < 4.78 is 16.9. The van der Waals surface area contributed by atoms with Gasteiger partial charge in [-0.2, -0.15) is 0 Å². The lowest BCUT2D eigenvalue weighted by atomic mass is 9.43. The van der Waals surface area contributed by atoms with Gasteiger partial charge in [-0.3, -0.25) is 0 Å². The summed E-state index contributed by atoms with van der Waals surface area (Å²) in [5.41, 5.74) is 0.320. The molecule has 2 heterocycles. The van der Waals surface area contributed by atoms with Crippen LogP contribution in [0.4, 0.5) is 0 Å². The van der Waals surface area contributed by atoms with Crippen LogP contribution >= 0.6 is 0 Å². The normalized spacial score (nSPS) is 53.6. The molecule has 0 spiro atoms. The van der Waals surface area contributed by atoms with E-state index in [4.69, 9.17) is 14.2 Å². The number of carbonyl (C=O) groups is 1. The van der Waals surface area contributed by atoms with Crippen molar-refractivity contribution in [3.63, 3.8) is 0 Å². The number of esters is 1. The molecule has 4 aliphatic carbocycles. The largest absolute Gasteiger partial charge is 0.458 e. The van der Waals surface area contributed by atoms with E-state index in [1.165, 1.54) is 0 Å². The lowest BCUT2D eigenvalue weighted by molar-refractivity contribution is -0.249. The molecule has 0 aromatic rings. The van der Waals surface area contributed by atoms with Gasteiger partial charge in [-0.1, -0.05) is 13.8 Å². The molecular weight excluding hydrogens is 476 g/mol. The summed E-state index contributed by atoms with van der Waals surface area (Å²) in [6.07, 6.45) is 6.74. The van der Waals surface area contributed by atoms with Crippen molar-refractivity contribution >= 4 is 5.97 Å². The van der Waals surface area contributed by atoms with Gasteiger partial charge in [-0.25, -0.2) is 4.79 Å². The van der Waals surface area contributed by atoms with Crippen LogP contribution in [0.3, 0.4) is 0 Å². The Morgan fingerprint density at radius 1 is 1.00 bits per heavy atom. The number of ether oxygens (including phenoxy) is 3. The highest BCUT2D eigenvalue weighted by Gasteiger charge is 2.67. The average molecular weight is 521 g/mol. The van der Waals surface area contributed by atoms with Crippen LogP contribution in [0.15, 0.2) is 11.6 Å². The molecule has 2 aliphatic heterocycles. The summed E-state index contributed by atoms with van der Waals surface area (Å²) in [5, 5.41) is 42.4. The maximum absolute atomic E-state index is 12.4. The van der Waals surface area contributed by atoms with E-state index in [1.54, 1.807) is 6.08 Å². The van der Waals surface area contributed by atoms with Crippen molar-refractivity contribution in [3.05, 3.63) is 11.6 Å². The lowest BCUT2D eigenvalue weighted by Gasteiger charge is -2.63. The molecular formula is C29H44O8. The highest BCUT2D eigenvalue weighted by molar-refractivity contribution is 5.85. The molecule has 12 atom stereocenters. The van der Waals surface area contributed by atoms with Gasteiger partial charge < -0.3 is 34.6 Å². The minimum Gasteiger partial charge on any atom is -0.458 e. The Bertz CT molecular complexity index is 937. The van der Waals surface area contributed by atoms with Crippen LogP contribution in [-0.2, 0) is 19.0 Å². The van der Waals surface area contributed by atoms with Crippen LogP contribution in [0.5, 0.6) is 0 Å². The number of cyclic esters (lactones) is 1. The molecule has 0 amide bonds. The number of rotatable bonds is 4. The molecule has 4 saturated carbocycles. The van der Waals surface area contributed by atoms with E-state index in [-0.39, 0.29) is 47.8 Å². The van der Waals surface area contributed by atoms with Gasteiger partial charge in [0.05, 0.1) is 24.4 Å². The molecule has 4 N–H and O–H groups in total. The van der Waals surface area contributed by atoms with E-state index in [2.05, 4.69) is 13.8 Å². The molecule has 0 aromatic carbocycles. The third-order valence-electron chi connectivity index (χ3n) is 12.0. The first kappa shape index (κ1) is 26.2. The number of aliphatic hydroxyl groups excluding tert-OH is 3. The van der Waals surface area contributed by atoms with E-state index in [0.717, 1.165) is 63.4 Å². The molecule has 8 nitrogen and oxygen atoms in total. The summed E-state index contributed by atoms with van der Waals surface area (Å²) in [6.45, 7) is 5.25. The fourth-order valence-corrected chi connectivity index (χ4v) is 9.82. The maximum atomic E-state index is 12.4. The minimum atomic E-state index is -1.08. The Morgan fingerprint density at radius 2 is 1.81 bits per heavy atom. The van der Waals surface area contributed by atoms with Crippen molar-refractivity contribution in [1.29, 1.82) is 0 Å². The zero-order chi connectivity index (χ0) is 26.2. The monoisotopic (exact) mass is 520 g/mol. The van der Waals surface area contributed by atoms with Crippen molar-refractivity contribution < 1.29 is 39.4 Å². The van der Waals surface area contributed by atoms with Gasteiger partial charge in [-0.15, -0.1) is 0 Å². The number of fused-ring (bicyclic) bond motifs is 5. The molecule has 0 radical (unpaired) electrons. The Labute approximate surface area is 219 Å². The Hall–Kier alpha value is -1.03. The summed E-state index contributed by atoms with van der Waals surface area (Å²) >= 11 is 0. The van der Waals surface area contributed by atoms with Crippen LogP contribution in [0.25, 0.3) is 0 Å². The molecule has 6 aliphatic rings. The predicted molar refractivity (Wildman–Crippen MR) is 133 cm³/mol. The quantitative estimate of drug-likeness (QED) is 0.417. The van der Waals surface area contributed by atoms with Gasteiger partial charge in [0.15, 0.2) is 6.29 Å². The molecule has 0 unspecified atom stereocenters. The van der Waals surface area contributed by atoms with E-state index in [1.807, 2.05) is 0 Å². The summed E-state index contributed by atoms with van der Waals surface area (Å²) in [5.74, 6) is 1.26. The first-order chi connectivity index (χ1) is 17.5. The van der Waals surface area contributed by atoms with Crippen LogP contribution in [0.1, 0.15) is 78.1 Å². The molecule has 208 valence electrons. The maximum Gasteiger partial charge on any atom is 0.331 e. The molecule has 37 heavy (non-hydrogen) atoms.